The average Bonchev–Trinajstić information content (AvgIpc) is 2.41. The first-order valence-corrected chi connectivity index (χ1v) is 6.92. The van der Waals surface area contributed by atoms with Gasteiger partial charge in [-0.3, -0.25) is 4.79 Å². The summed E-state index contributed by atoms with van der Waals surface area (Å²) in [5, 5.41) is 3.35. The Balaban J connectivity index is 2.02. The van der Waals surface area contributed by atoms with Crippen molar-refractivity contribution >= 4 is 23.3 Å². The SMILES string of the molecule is CCN1CCCC(NC(=O)c2cc(N)ncc2Cl)C1. The number of likely N-dealkylation sites (tertiary alicyclic amines) is 1. The van der Waals surface area contributed by atoms with Crippen molar-refractivity contribution in [2.75, 3.05) is 25.4 Å². The Kier molecular flexibility index (Phi) is 4.61. The molecule has 1 saturated heterocycles. The van der Waals surface area contributed by atoms with Crippen molar-refractivity contribution < 1.29 is 4.79 Å². The Labute approximate surface area is 118 Å². The van der Waals surface area contributed by atoms with Crippen molar-refractivity contribution in [3.8, 4) is 0 Å². The predicted octanol–water partition coefficient (Wildman–Crippen LogP) is 1.53. The van der Waals surface area contributed by atoms with Crippen molar-refractivity contribution in [1.82, 2.24) is 15.2 Å². The van der Waals surface area contributed by atoms with Crippen LogP contribution in [0.3, 0.4) is 0 Å². The minimum Gasteiger partial charge on any atom is -0.384 e. The number of nitrogen functional groups attached to an aromatic ring is 1. The van der Waals surface area contributed by atoms with E-state index >= 15 is 0 Å². The Bertz CT molecular complexity index is 466. The second-order valence-electron chi connectivity index (χ2n) is 4.79. The number of nitrogens with one attached hydrogen (secondary N) is 1. The maximum Gasteiger partial charge on any atom is 0.253 e. The third-order valence-electron chi connectivity index (χ3n) is 3.41. The van der Waals surface area contributed by atoms with Crippen LogP contribution in [0.1, 0.15) is 30.1 Å². The molecule has 1 aromatic rings. The van der Waals surface area contributed by atoms with Gasteiger partial charge in [0.25, 0.3) is 5.91 Å². The summed E-state index contributed by atoms with van der Waals surface area (Å²) in [5.74, 6) is 0.121. The van der Waals surface area contributed by atoms with Crippen LogP contribution in [0.2, 0.25) is 5.02 Å². The molecule has 1 aliphatic rings. The standard InChI is InChI=1S/C13H19ClN4O/c1-2-18-5-3-4-9(8-18)17-13(19)10-6-12(15)16-7-11(10)14/h6-7,9H,2-5,8H2,1H3,(H2,15,16)(H,17,19). The van der Waals surface area contributed by atoms with E-state index in [0.29, 0.717) is 16.4 Å². The molecular formula is C13H19ClN4O. The first-order valence-electron chi connectivity index (χ1n) is 6.54. The maximum atomic E-state index is 12.2. The number of anilines is 1. The van der Waals surface area contributed by atoms with Crippen molar-refractivity contribution in [2.45, 2.75) is 25.8 Å². The summed E-state index contributed by atoms with van der Waals surface area (Å²) in [6.07, 6.45) is 3.51. The lowest BCUT2D eigenvalue weighted by atomic mass is 10.1. The topological polar surface area (TPSA) is 71.2 Å². The summed E-state index contributed by atoms with van der Waals surface area (Å²) in [5.41, 5.74) is 5.98. The number of aromatic nitrogens is 1. The van der Waals surface area contributed by atoms with Gasteiger partial charge in [-0.05, 0) is 32.0 Å². The van der Waals surface area contributed by atoms with Gasteiger partial charge in [-0.25, -0.2) is 4.98 Å². The smallest absolute Gasteiger partial charge is 0.253 e. The summed E-state index contributed by atoms with van der Waals surface area (Å²) in [6.45, 7) is 5.13. The van der Waals surface area contributed by atoms with E-state index in [0.717, 1.165) is 32.5 Å². The van der Waals surface area contributed by atoms with Crippen molar-refractivity contribution in [2.24, 2.45) is 0 Å². The number of hydrogen-bond donors (Lipinski definition) is 2. The molecule has 1 aliphatic heterocycles. The van der Waals surface area contributed by atoms with Crippen molar-refractivity contribution in [3.05, 3.63) is 22.8 Å². The van der Waals surface area contributed by atoms with Gasteiger partial charge in [-0.1, -0.05) is 18.5 Å². The fourth-order valence-electron chi connectivity index (χ4n) is 2.35. The molecule has 104 valence electrons. The highest BCUT2D eigenvalue weighted by Gasteiger charge is 2.21. The molecule has 0 bridgehead atoms. The molecule has 0 spiro atoms. The monoisotopic (exact) mass is 282 g/mol. The lowest BCUT2D eigenvalue weighted by Crippen LogP contribution is -2.47. The van der Waals surface area contributed by atoms with E-state index in [1.54, 1.807) is 0 Å². The van der Waals surface area contributed by atoms with Gasteiger partial charge in [0.05, 0.1) is 10.6 Å². The van der Waals surface area contributed by atoms with Crippen LogP contribution in [0.5, 0.6) is 0 Å². The Morgan fingerprint density at radius 2 is 2.47 bits per heavy atom. The molecule has 2 heterocycles. The van der Waals surface area contributed by atoms with Crippen molar-refractivity contribution in [3.63, 3.8) is 0 Å². The van der Waals surface area contributed by atoms with E-state index in [-0.39, 0.29) is 11.9 Å². The van der Waals surface area contributed by atoms with E-state index in [9.17, 15) is 4.79 Å². The molecule has 3 N–H and O–H groups in total. The van der Waals surface area contributed by atoms with Crippen LogP contribution in [-0.4, -0.2) is 41.5 Å². The van der Waals surface area contributed by atoms with Gasteiger partial charge in [-0.2, -0.15) is 0 Å². The minimum absolute atomic E-state index is 0.173. The van der Waals surface area contributed by atoms with E-state index in [1.807, 2.05) is 0 Å². The first-order chi connectivity index (χ1) is 9.10. The second-order valence-corrected chi connectivity index (χ2v) is 5.20. The highest BCUT2D eigenvalue weighted by molar-refractivity contribution is 6.33. The molecule has 1 amide bonds. The lowest BCUT2D eigenvalue weighted by Gasteiger charge is -2.32. The Hall–Kier alpha value is -1.33. The van der Waals surface area contributed by atoms with Crippen LogP contribution in [0, 0.1) is 0 Å². The summed E-state index contributed by atoms with van der Waals surface area (Å²) in [7, 11) is 0. The zero-order chi connectivity index (χ0) is 13.8. The third-order valence-corrected chi connectivity index (χ3v) is 3.71. The van der Waals surface area contributed by atoms with Gasteiger partial charge in [0, 0.05) is 18.8 Å². The molecule has 6 heteroatoms. The number of halogens is 1. The first kappa shape index (κ1) is 14.1. The fourth-order valence-corrected chi connectivity index (χ4v) is 2.54. The molecule has 5 nitrogen and oxygen atoms in total. The van der Waals surface area contributed by atoms with Gasteiger partial charge in [0.15, 0.2) is 0 Å². The number of hydrogen-bond acceptors (Lipinski definition) is 4. The van der Waals surface area contributed by atoms with E-state index < -0.39 is 0 Å². The molecule has 1 aromatic heterocycles. The van der Waals surface area contributed by atoms with E-state index in [2.05, 4.69) is 22.1 Å². The van der Waals surface area contributed by atoms with Crippen molar-refractivity contribution in [1.29, 1.82) is 0 Å². The normalized spacial score (nSPS) is 20.2. The molecule has 0 radical (unpaired) electrons. The zero-order valence-corrected chi connectivity index (χ0v) is 11.8. The molecule has 1 unspecified atom stereocenters. The number of amides is 1. The number of carbonyl (C=O) groups excluding carboxylic acids is 1. The Morgan fingerprint density at radius 1 is 1.68 bits per heavy atom. The molecule has 0 saturated carbocycles. The molecular weight excluding hydrogens is 264 g/mol. The van der Waals surface area contributed by atoms with Crippen LogP contribution in [0.15, 0.2) is 12.3 Å². The zero-order valence-electron chi connectivity index (χ0n) is 11.0. The van der Waals surface area contributed by atoms with Gasteiger partial charge < -0.3 is 16.0 Å². The molecule has 19 heavy (non-hydrogen) atoms. The number of nitrogens with zero attached hydrogens (tertiary/aromatic N) is 2. The summed E-state index contributed by atoms with van der Waals surface area (Å²) >= 11 is 5.98. The lowest BCUT2D eigenvalue weighted by molar-refractivity contribution is 0.0906. The summed E-state index contributed by atoms with van der Waals surface area (Å²) < 4.78 is 0. The molecule has 2 rings (SSSR count). The van der Waals surface area contributed by atoms with Gasteiger partial charge in [0.1, 0.15) is 5.82 Å². The second kappa shape index (κ2) is 6.21. The Morgan fingerprint density at radius 3 is 3.21 bits per heavy atom. The van der Waals surface area contributed by atoms with E-state index in [1.165, 1.54) is 12.3 Å². The molecule has 1 fully saturated rings. The van der Waals surface area contributed by atoms with Gasteiger partial charge in [-0.15, -0.1) is 0 Å². The van der Waals surface area contributed by atoms with Crippen LogP contribution in [0.25, 0.3) is 0 Å². The fraction of sp³-hybridized carbons (Fsp3) is 0.538. The highest BCUT2D eigenvalue weighted by atomic mass is 35.5. The average molecular weight is 283 g/mol. The number of likely N-dealkylation sites (N-methyl/N-ethyl adjacent to an activating group) is 1. The summed E-state index contributed by atoms with van der Waals surface area (Å²) in [4.78, 5) is 18.4. The third kappa shape index (κ3) is 3.58. The number of carbonyl (C=O) groups is 1. The quantitative estimate of drug-likeness (QED) is 0.882. The largest absolute Gasteiger partial charge is 0.384 e. The molecule has 0 aliphatic carbocycles. The highest BCUT2D eigenvalue weighted by Crippen LogP contribution is 2.17. The van der Waals surface area contributed by atoms with Crippen LogP contribution in [-0.2, 0) is 0 Å². The summed E-state index contributed by atoms with van der Waals surface area (Å²) in [6, 6.07) is 1.68. The number of pyridine rings is 1. The van der Waals surface area contributed by atoms with E-state index in [4.69, 9.17) is 17.3 Å². The maximum absolute atomic E-state index is 12.2. The van der Waals surface area contributed by atoms with Crippen LogP contribution < -0.4 is 11.1 Å². The van der Waals surface area contributed by atoms with Crippen LogP contribution in [0.4, 0.5) is 5.82 Å². The molecule has 0 aromatic carbocycles. The van der Waals surface area contributed by atoms with Gasteiger partial charge in [0.2, 0.25) is 0 Å². The van der Waals surface area contributed by atoms with Gasteiger partial charge >= 0.3 is 0 Å². The number of piperidine rings is 1. The predicted molar refractivity (Wildman–Crippen MR) is 76.3 cm³/mol. The minimum atomic E-state index is -0.179. The van der Waals surface area contributed by atoms with Crippen LogP contribution >= 0.6 is 11.6 Å². The molecule has 1 atom stereocenters. The number of nitrogens with two attached hydrogens (primary N) is 1. The number of rotatable bonds is 3.